The van der Waals surface area contributed by atoms with E-state index in [1.165, 1.54) is 18.7 Å². The second-order valence-corrected chi connectivity index (χ2v) is 5.84. The van der Waals surface area contributed by atoms with Crippen LogP contribution in [0.25, 0.3) is 11.3 Å². The highest BCUT2D eigenvalue weighted by Crippen LogP contribution is 2.28. The van der Waals surface area contributed by atoms with Gasteiger partial charge in [0.15, 0.2) is 0 Å². The zero-order valence-electron chi connectivity index (χ0n) is 15.5. The summed E-state index contributed by atoms with van der Waals surface area (Å²) in [6.07, 6.45) is 3.30. The Morgan fingerprint density at radius 2 is 1.93 bits per heavy atom. The third kappa shape index (κ3) is 4.43. The van der Waals surface area contributed by atoms with E-state index in [4.69, 9.17) is 4.74 Å². The smallest absolute Gasteiger partial charge is 0.327 e. The molecule has 3 rings (SSSR count). The van der Waals surface area contributed by atoms with Gasteiger partial charge in [0, 0.05) is 30.4 Å². The lowest BCUT2D eigenvalue weighted by Gasteiger charge is -2.06. The Morgan fingerprint density at radius 3 is 2.57 bits per heavy atom. The van der Waals surface area contributed by atoms with Crippen molar-refractivity contribution in [1.29, 1.82) is 0 Å². The number of carbonyl (C=O) groups is 2. The molecule has 0 fully saturated rings. The van der Waals surface area contributed by atoms with Crippen LogP contribution in [0.5, 0.6) is 0 Å². The fourth-order valence-corrected chi connectivity index (χ4v) is 2.54. The molecule has 0 aliphatic carbocycles. The molecular formula is C21H18N4O3. The molecule has 1 aromatic carbocycles. The molecule has 7 heteroatoms. The molecule has 0 aliphatic rings. The van der Waals surface area contributed by atoms with Crippen LogP contribution >= 0.6 is 0 Å². The largest absolute Gasteiger partial charge is 0.468 e. The molecule has 0 aliphatic heterocycles. The van der Waals surface area contributed by atoms with Crippen LogP contribution in [0.4, 0.5) is 5.82 Å². The van der Waals surface area contributed by atoms with E-state index in [1.807, 2.05) is 36.4 Å². The lowest BCUT2D eigenvalue weighted by atomic mass is 10.1. The molecule has 3 aromatic rings. The molecule has 0 unspecified atom stereocenters. The molecule has 2 aromatic heterocycles. The summed E-state index contributed by atoms with van der Waals surface area (Å²) in [5.74, 6) is 5.70. The highest BCUT2D eigenvalue weighted by molar-refractivity contribution is 5.91. The number of nitrogens with zero attached hydrogens (tertiary/aromatic N) is 3. The Bertz CT molecular complexity index is 1050. The van der Waals surface area contributed by atoms with Crippen LogP contribution in [0.3, 0.4) is 0 Å². The van der Waals surface area contributed by atoms with Gasteiger partial charge in [0.2, 0.25) is 5.91 Å². The number of pyridine rings is 1. The lowest BCUT2D eigenvalue weighted by molar-refractivity contribution is -0.141. The van der Waals surface area contributed by atoms with Crippen LogP contribution in [-0.2, 0) is 20.9 Å². The second kappa shape index (κ2) is 8.64. The third-order valence-electron chi connectivity index (χ3n) is 3.79. The first kappa shape index (κ1) is 18.9. The number of esters is 1. The molecule has 1 N–H and O–H groups in total. The lowest BCUT2D eigenvalue weighted by Crippen LogP contribution is -2.18. The molecule has 2 heterocycles. The first-order valence-corrected chi connectivity index (χ1v) is 8.51. The number of amides is 1. The summed E-state index contributed by atoms with van der Waals surface area (Å²) in [6.45, 7) is 1.22. The maximum atomic E-state index is 11.8. The molecule has 0 bridgehead atoms. The first-order chi connectivity index (χ1) is 13.6. The van der Waals surface area contributed by atoms with Gasteiger partial charge in [0.1, 0.15) is 18.1 Å². The molecule has 7 nitrogen and oxygen atoms in total. The van der Waals surface area contributed by atoms with Gasteiger partial charge in [0.25, 0.3) is 0 Å². The third-order valence-corrected chi connectivity index (χ3v) is 3.79. The number of methoxy groups -OCH3 is 1. The Hall–Kier alpha value is -3.92. The molecule has 0 saturated heterocycles. The molecular weight excluding hydrogens is 356 g/mol. The summed E-state index contributed by atoms with van der Waals surface area (Å²) >= 11 is 0. The van der Waals surface area contributed by atoms with Gasteiger partial charge in [-0.15, -0.1) is 0 Å². The number of nitrogens with one attached hydrogen (secondary N) is 1. The van der Waals surface area contributed by atoms with Gasteiger partial charge in [0.05, 0.1) is 12.7 Å². The standard InChI is InChI=1S/C21H18N4O3/c1-15(26)23-21-18(11-10-16-7-4-3-5-8-16)20(17-9-6-12-22-13-17)24-25(21)14-19(27)28-2/h3-9,12-13H,14H2,1-2H3,(H,23,26). The van der Waals surface area contributed by atoms with Crippen molar-refractivity contribution in [2.45, 2.75) is 13.5 Å². The summed E-state index contributed by atoms with van der Waals surface area (Å²) in [5, 5.41) is 7.22. The van der Waals surface area contributed by atoms with E-state index in [0.29, 0.717) is 17.1 Å². The fraction of sp³-hybridized carbons (Fsp3) is 0.143. The van der Waals surface area contributed by atoms with Crippen molar-refractivity contribution >= 4 is 17.7 Å². The minimum absolute atomic E-state index is 0.160. The number of hydrogen-bond donors (Lipinski definition) is 1. The quantitative estimate of drug-likeness (QED) is 0.560. The molecule has 0 saturated carbocycles. The van der Waals surface area contributed by atoms with Gasteiger partial charge < -0.3 is 10.1 Å². The summed E-state index contributed by atoms with van der Waals surface area (Å²) in [6, 6.07) is 13.1. The van der Waals surface area contributed by atoms with Gasteiger partial charge in [-0.25, -0.2) is 4.68 Å². The Labute approximate surface area is 162 Å². The van der Waals surface area contributed by atoms with Crippen LogP contribution in [0.1, 0.15) is 18.1 Å². The van der Waals surface area contributed by atoms with E-state index < -0.39 is 5.97 Å². The van der Waals surface area contributed by atoms with Crippen molar-refractivity contribution in [1.82, 2.24) is 14.8 Å². The topological polar surface area (TPSA) is 86.1 Å². The second-order valence-electron chi connectivity index (χ2n) is 5.84. The van der Waals surface area contributed by atoms with E-state index >= 15 is 0 Å². The van der Waals surface area contributed by atoms with Crippen LogP contribution in [-0.4, -0.2) is 33.8 Å². The minimum Gasteiger partial charge on any atom is -0.468 e. The molecule has 0 spiro atoms. The van der Waals surface area contributed by atoms with Crippen LogP contribution < -0.4 is 5.32 Å². The number of benzene rings is 1. The Kier molecular flexibility index (Phi) is 5.82. The number of anilines is 1. The van der Waals surface area contributed by atoms with E-state index in [9.17, 15) is 9.59 Å². The summed E-state index contributed by atoms with van der Waals surface area (Å²) in [5.41, 5.74) is 2.55. The van der Waals surface area contributed by atoms with Crippen molar-refractivity contribution in [2.75, 3.05) is 12.4 Å². The van der Waals surface area contributed by atoms with E-state index in [1.54, 1.807) is 18.5 Å². The fourth-order valence-electron chi connectivity index (χ4n) is 2.54. The van der Waals surface area contributed by atoms with Gasteiger partial charge in [-0.1, -0.05) is 30.0 Å². The van der Waals surface area contributed by atoms with Crippen molar-refractivity contribution in [3.05, 3.63) is 66.0 Å². The van der Waals surface area contributed by atoms with Gasteiger partial charge in [-0.2, -0.15) is 5.10 Å². The number of aromatic nitrogens is 3. The Balaban J connectivity index is 2.18. The molecule has 0 radical (unpaired) electrons. The summed E-state index contributed by atoms with van der Waals surface area (Å²) in [4.78, 5) is 27.7. The van der Waals surface area contributed by atoms with E-state index in [0.717, 1.165) is 11.1 Å². The zero-order valence-corrected chi connectivity index (χ0v) is 15.5. The molecule has 28 heavy (non-hydrogen) atoms. The first-order valence-electron chi connectivity index (χ1n) is 8.51. The highest BCUT2D eigenvalue weighted by atomic mass is 16.5. The molecule has 1 amide bonds. The zero-order chi connectivity index (χ0) is 19.9. The number of rotatable bonds is 4. The maximum absolute atomic E-state index is 11.8. The van der Waals surface area contributed by atoms with E-state index in [2.05, 4.69) is 27.2 Å². The summed E-state index contributed by atoms with van der Waals surface area (Å²) in [7, 11) is 1.29. The van der Waals surface area contributed by atoms with Crippen molar-refractivity contribution in [2.24, 2.45) is 0 Å². The number of carbonyl (C=O) groups excluding carboxylic acids is 2. The SMILES string of the molecule is COC(=O)Cn1nc(-c2cccnc2)c(C#Cc2ccccc2)c1NC(C)=O. The average Bonchev–Trinajstić information content (AvgIpc) is 3.04. The highest BCUT2D eigenvalue weighted by Gasteiger charge is 2.21. The maximum Gasteiger partial charge on any atom is 0.327 e. The van der Waals surface area contributed by atoms with Crippen LogP contribution in [0, 0.1) is 11.8 Å². The molecule has 140 valence electrons. The number of ether oxygens (including phenoxy) is 1. The van der Waals surface area contributed by atoms with Crippen LogP contribution in [0.15, 0.2) is 54.9 Å². The average molecular weight is 374 g/mol. The van der Waals surface area contributed by atoms with Gasteiger partial charge in [-0.3, -0.25) is 14.6 Å². The molecule has 0 atom stereocenters. The Morgan fingerprint density at radius 1 is 1.14 bits per heavy atom. The number of hydrogen-bond acceptors (Lipinski definition) is 5. The van der Waals surface area contributed by atoms with Crippen molar-refractivity contribution in [3.8, 4) is 23.1 Å². The van der Waals surface area contributed by atoms with E-state index in [-0.39, 0.29) is 12.5 Å². The van der Waals surface area contributed by atoms with Crippen molar-refractivity contribution < 1.29 is 14.3 Å². The van der Waals surface area contributed by atoms with Gasteiger partial charge in [-0.05, 0) is 24.3 Å². The normalized spacial score (nSPS) is 9.93. The minimum atomic E-state index is -0.491. The van der Waals surface area contributed by atoms with Crippen LogP contribution in [0.2, 0.25) is 0 Å². The van der Waals surface area contributed by atoms with Crippen molar-refractivity contribution in [3.63, 3.8) is 0 Å². The van der Waals surface area contributed by atoms with Gasteiger partial charge >= 0.3 is 5.97 Å². The predicted molar refractivity (Wildman–Crippen MR) is 104 cm³/mol. The monoisotopic (exact) mass is 374 g/mol. The predicted octanol–water partition coefficient (Wildman–Crippen LogP) is 2.48. The summed E-state index contributed by atoms with van der Waals surface area (Å²) < 4.78 is 6.12.